The third-order valence-electron chi connectivity index (χ3n) is 5.51. The van der Waals surface area contributed by atoms with Crippen molar-refractivity contribution in [3.8, 4) is 39.9 Å². The first kappa shape index (κ1) is 20.3. The Balaban J connectivity index is 1.49. The van der Waals surface area contributed by atoms with Crippen LogP contribution in [0.3, 0.4) is 0 Å². The maximum atomic E-state index is 10.6. The molecule has 0 amide bonds. The largest absolute Gasteiger partial charge is 0.508 e. The van der Waals surface area contributed by atoms with Gasteiger partial charge >= 0.3 is 0 Å². The molecule has 0 saturated heterocycles. The van der Waals surface area contributed by atoms with Crippen molar-refractivity contribution in [3.63, 3.8) is 0 Å². The van der Waals surface area contributed by atoms with Crippen molar-refractivity contribution in [1.82, 2.24) is 9.78 Å². The summed E-state index contributed by atoms with van der Waals surface area (Å²) in [6.07, 6.45) is 2.90. The first-order valence-corrected chi connectivity index (χ1v) is 10.7. The number of phenolic OH excluding ortho intramolecular Hbond substituents is 2. The summed E-state index contributed by atoms with van der Waals surface area (Å²) in [6.45, 7) is 1.02. The van der Waals surface area contributed by atoms with Gasteiger partial charge in [0.2, 0.25) is 0 Å². The van der Waals surface area contributed by atoms with Crippen molar-refractivity contribution < 1.29 is 19.7 Å². The maximum absolute atomic E-state index is 10.6. The van der Waals surface area contributed by atoms with Crippen molar-refractivity contribution in [1.29, 1.82) is 0 Å². The molecule has 1 aromatic heterocycles. The predicted octanol–water partition coefficient (Wildman–Crippen LogP) is 5.16. The summed E-state index contributed by atoms with van der Waals surface area (Å²) in [7, 11) is 0. The molecule has 5 rings (SSSR count). The number of halogens is 1. The summed E-state index contributed by atoms with van der Waals surface area (Å²) >= 11 is 6.27. The van der Waals surface area contributed by atoms with E-state index in [0.29, 0.717) is 59.4 Å². The quantitative estimate of drug-likeness (QED) is 0.441. The minimum Gasteiger partial charge on any atom is -0.508 e. The number of benzene rings is 3. The first-order valence-electron chi connectivity index (χ1n) is 10.3. The highest BCUT2D eigenvalue weighted by atomic mass is 35.5. The molecule has 7 heteroatoms. The average Bonchev–Trinajstić information content (AvgIpc) is 3.29. The fourth-order valence-corrected chi connectivity index (χ4v) is 4.10. The number of hydrogen-bond donors (Lipinski definition) is 2. The fourth-order valence-electron chi connectivity index (χ4n) is 3.87. The van der Waals surface area contributed by atoms with Crippen LogP contribution < -0.4 is 9.47 Å². The summed E-state index contributed by atoms with van der Waals surface area (Å²) in [5, 5.41) is 26.2. The third kappa shape index (κ3) is 3.85. The summed E-state index contributed by atoms with van der Waals surface area (Å²) in [5.41, 5.74) is 3.76. The molecule has 162 valence electrons. The van der Waals surface area contributed by atoms with Gasteiger partial charge in [-0.05, 0) is 54.3 Å². The molecule has 0 bridgehead atoms. The Bertz CT molecular complexity index is 1280. The lowest BCUT2D eigenvalue weighted by molar-refractivity contribution is 0.171. The molecule has 2 N–H and O–H groups in total. The van der Waals surface area contributed by atoms with E-state index in [4.69, 9.17) is 21.1 Å². The van der Waals surface area contributed by atoms with E-state index >= 15 is 0 Å². The second kappa shape index (κ2) is 8.48. The Morgan fingerprint density at radius 1 is 0.844 bits per heavy atom. The van der Waals surface area contributed by atoms with Crippen LogP contribution in [0.15, 0.2) is 66.9 Å². The van der Waals surface area contributed by atoms with Crippen LogP contribution >= 0.6 is 11.6 Å². The van der Waals surface area contributed by atoms with Gasteiger partial charge in [0.25, 0.3) is 0 Å². The van der Waals surface area contributed by atoms with Gasteiger partial charge in [0.05, 0.1) is 17.6 Å². The molecule has 0 radical (unpaired) electrons. The summed E-state index contributed by atoms with van der Waals surface area (Å²) < 4.78 is 13.0. The van der Waals surface area contributed by atoms with Crippen molar-refractivity contribution in [2.75, 3.05) is 13.2 Å². The van der Waals surface area contributed by atoms with E-state index in [1.807, 2.05) is 48.5 Å². The smallest absolute Gasteiger partial charge is 0.163 e. The van der Waals surface area contributed by atoms with Gasteiger partial charge in [0, 0.05) is 22.7 Å². The van der Waals surface area contributed by atoms with E-state index in [1.165, 1.54) is 6.07 Å². The van der Waals surface area contributed by atoms with Gasteiger partial charge in [-0.15, -0.1) is 0 Å². The van der Waals surface area contributed by atoms with Crippen LogP contribution in [0.1, 0.15) is 11.1 Å². The van der Waals surface area contributed by atoms with Crippen LogP contribution in [0, 0.1) is 0 Å². The first-order chi connectivity index (χ1) is 15.6. The molecule has 1 aliphatic rings. The molecule has 3 aromatic carbocycles. The van der Waals surface area contributed by atoms with E-state index in [1.54, 1.807) is 16.9 Å². The Kier molecular flexibility index (Phi) is 5.37. The van der Waals surface area contributed by atoms with Crippen LogP contribution in [-0.4, -0.2) is 33.2 Å². The monoisotopic (exact) mass is 448 g/mol. The van der Waals surface area contributed by atoms with E-state index < -0.39 is 0 Å². The number of rotatable bonds is 5. The lowest BCUT2D eigenvalue weighted by atomic mass is 9.99. The van der Waals surface area contributed by atoms with Crippen molar-refractivity contribution in [2.45, 2.75) is 12.8 Å². The highest BCUT2D eigenvalue weighted by Crippen LogP contribution is 2.38. The molecule has 0 spiro atoms. The zero-order valence-corrected chi connectivity index (χ0v) is 17.9. The van der Waals surface area contributed by atoms with Crippen LogP contribution in [0.25, 0.3) is 16.9 Å². The molecule has 6 nitrogen and oxygen atoms in total. The van der Waals surface area contributed by atoms with Crippen LogP contribution in [0.5, 0.6) is 23.0 Å². The Hall–Kier alpha value is -3.64. The van der Waals surface area contributed by atoms with Crippen LogP contribution in [0.4, 0.5) is 0 Å². The number of phenols is 2. The Morgan fingerprint density at radius 3 is 2.47 bits per heavy atom. The summed E-state index contributed by atoms with van der Waals surface area (Å²) in [6, 6.07) is 18.2. The highest BCUT2D eigenvalue weighted by molar-refractivity contribution is 6.31. The van der Waals surface area contributed by atoms with Crippen molar-refractivity contribution in [2.24, 2.45) is 0 Å². The van der Waals surface area contributed by atoms with Gasteiger partial charge < -0.3 is 19.7 Å². The van der Waals surface area contributed by atoms with E-state index in [-0.39, 0.29) is 11.5 Å². The number of aryl methyl sites for hydroxylation is 2. The molecule has 0 unspecified atom stereocenters. The normalized spacial score (nSPS) is 12.7. The van der Waals surface area contributed by atoms with E-state index in [9.17, 15) is 10.2 Å². The summed E-state index contributed by atoms with van der Waals surface area (Å²) in [5.74, 6) is 1.38. The minimum absolute atomic E-state index is 0.0247. The molecule has 32 heavy (non-hydrogen) atoms. The molecular formula is C25H21ClN2O4. The SMILES string of the molecule is Oc1cc(O)c(-c2ccnn2-c2ccc3c(c2)OCCO3)cc1CCc1ccccc1Cl. The minimum atomic E-state index is -0.0247. The Morgan fingerprint density at radius 2 is 1.62 bits per heavy atom. The number of hydrogen-bond acceptors (Lipinski definition) is 5. The van der Waals surface area contributed by atoms with Gasteiger partial charge in [0.15, 0.2) is 11.5 Å². The molecule has 0 fully saturated rings. The van der Waals surface area contributed by atoms with Crippen LogP contribution in [-0.2, 0) is 12.8 Å². The lowest BCUT2D eigenvalue weighted by Gasteiger charge is -2.19. The third-order valence-corrected chi connectivity index (χ3v) is 5.88. The van der Waals surface area contributed by atoms with Gasteiger partial charge in [0.1, 0.15) is 24.7 Å². The number of ether oxygens (including phenoxy) is 2. The van der Waals surface area contributed by atoms with E-state index in [2.05, 4.69) is 5.10 Å². The zero-order valence-electron chi connectivity index (χ0n) is 17.2. The standard InChI is InChI=1S/C25H21ClN2O4/c26-20-4-2-1-3-16(20)5-6-17-13-19(23(30)15-22(17)29)21-9-10-27-28(21)18-7-8-24-25(14-18)32-12-11-31-24/h1-4,7-10,13-15,29-30H,5-6,11-12H2. The Labute approximate surface area is 190 Å². The maximum Gasteiger partial charge on any atom is 0.163 e. The van der Waals surface area contributed by atoms with Gasteiger partial charge in [-0.3, -0.25) is 0 Å². The molecule has 0 saturated carbocycles. The predicted molar refractivity (Wildman–Crippen MR) is 122 cm³/mol. The highest BCUT2D eigenvalue weighted by Gasteiger charge is 2.18. The molecule has 0 atom stereocenters. The second-order valence-corrected chi connectivity index (χ2v) is 7.95. The topological polar surface area (TPSA) is 76.7 Å². The van der Waals surface area contributed by atoms with Gasteiger partial charge in [-0.25, -0.2) is 4.68 Å². The van der Waals surface area contributed by atoms with Gasteiger partial charge in [-0.2, -0.15) is 5.10 Å². The zero-order chi connectivity index (χ0) is 22.1. The summed E-state index contributed by atoms with van der Waals surface area (Å²) in [4.78, 5) is 0. The average molecular weight is 449 g/mol. The van der Waals surface area contributed by atoms with Crippen LogP contribution in [0.2, 0.25) is 5.02 Å². The van der Waals surface area contributed by atoms with E-state index in [0.717, 1.165) is 11.3 Å². The molecular weight excluding hydrogens is 428 g/mol. The molecule has 1 aliphatic heterocycles. The van der Waals surface area contributed by atoms with Gasteiger partial charge in [-0.1, -0.05) is 29.8 Å². The number of nitrogens with zero attached hydrogens (tertiary/aromatic N) is 2. The molecule has 2 heterocycles. The fraction of sp³-hybridized carbons (Fsp3) is 0.160. The van der Waals surface area contributed by atoms with Crippen molar-refractivity contribution in [3.05, 3.63) is 83.0 Å². The number of aromatic hydroxyl groups is 2. The van der Waals surface area contributed by atoms with Crippen molar-refractivity contribution >= 4 is 11.6 Å². The lowest BCUT2D eigenvalue weighted by Crippen LogP contribution is -2.15. The molecule has 0 aliphatic carbocycles. The molecule has 4 aromatic rings. The number of fused-ring (bicyclic) bond motifs is 1. The number of aromatic nitrogens is 2. The second-order valence-electron chi connectivity index (χ2n) is 7.55.